The fourth-order valence-electron chi connectivity index (χ4n) is 2.15. The van der Waals surface area contributed by atoms with E-state index in [4.69, 9.17) is 4.74 Å². The van der Waals surface area contributed by atoms with Crippen LogP contribution in [-0.2, 0) is 17.8 Å². The number of halogens is 1. The number of thioether (sulfide) groups is 1. The van der Waals surface area contributed by atoms with Crippen molar-refractivity contribution in [1.29, 1.82) is 0 Å². The number of methoxy groups -OCH3 is 1. The lowest BCUT2D eigenvalue weighted by Crippen LogP contribution is -2.03. The zero-order valence-electron chi connectivity index (χ0n) is 13.4. The van der Waals surface area contributed by atoms with Crippen molar-refractivity contribution < 1.29 is 18.7 Å². The van der Waals surface area contributed by atoms with Gasteiger partial charge in [-0.25, -0.2) is 9.18 Å². The van der Waals surface area contributed by atoms with E-state index in [1.165, 1.54) is 18.7 Å². The second-order valence-corrected chi connectivity index (χ2v) is 5.99. The summed E-state index contributed by atoms with van der Waals surface area (Å²) in [6, 6.07) is 10.5. The van der Waals surface area contributed by atoms with Gasteiger partial charge in [0.05, 0.1) is 7.11 Å². The summed E-state index contributed by atoms with van der Waals surface area (Å²) in [5.74, 6) is 0.307. The number of carbonyl (C=O) groups is 1. The standard InChI is InChI=1S/C18H19FO3S/c1-4-13-8-9-16(12(2)10-13)22-11-14-15(19)6-5-7-17(14)23-18(20)21-3/h5-10H,4,11H2,1-3H3. The van der Waals surface area contributed by atoms with Crippen LogP contribution in [0.15, 0.2) is 41.3 Å². The molecule has 0 fully saturated rings. The third kappa shape index (κ3) is 4.48. The van der Waals surface area contributed by atoms with Crippen molar-refractivity contribution in [3.63, 3.8) is 0 Å². The highest BCUT2D eigenvalue weighted by Crippen LogP contribution is 2.28. The molecule has 3 nitrogen and oxygen atoms in total. The predicted octanol–water partition coefficient (Wildman–Crippen LogP) is 5.13. The van der Waals surface area contributed by atoms with Gasteiger partial charge in [0.25, 0.3) is 0 Å². The lowest BCUT2D eigenvalue weighted by molar-refractivity contribution is 0.200. The molecule has 0 heterocycles. The minimum absolute atomic E-state index is 0.0539. The van der Waals surface area contributed by atoms with E-state index in [0.717, 1.165) is 23.7 Å². The maximum atomic E-state index is 14.1. The Morgan fingerprint density at radius 2 is 2.04 bits per heavy atom. The van der Waals surface area contributed by atoms with Crippen LogP contribution in [0, 0.1) is 12.7 Å². The molecule has 0 amide bonds. The highest BCUT2D eigenvalue weighted by Gasteiger charge is 2.14. The van der Waals surface area contributed by atoms with Crippen LogP contribution in [-0.4, -0.2) is 12.4 Å². The molecule has 0 N–H and O–H groups in total. The van der Waals surface area contributed by atoms with Crippen LogP contribution in [0.5, 0.6) is 5.75 Å². The zero-order chi connectivity index (χ0) is 16.8. The third-order valence-corrected chi connectivity index (χ3v) is 4.39. The van der Waals surface area contributed by atoms with E-state index < -0.39 is 11.1 Å². The second kappa shape index (κ2) is 8.02. The first-order chi connectivity index (χ1) is 11.0. The molecule has 5 heteroatoms. The van der Waals surface area contributed by atoms with Gasteiger partial charge in [0.2, 0.25) is 0 Å². The van der Waals surface area contributed by atoms with Crippen molar-refractivity contribution in [2.24, 2.45) is 0 Å². The first-order valence-corrected chi connectivity index (χ1v) is 8.12. The summed E-state index contributed by atoms with van der Waals surface area (Å²) < 4.78 is 24.5. The van der Waals surface area contributed by atoms with Crippen LogP contribution in [0.3, 0.4) is 0 Å². The molecule has 0 radical (unpaired) electrons. The SMILES string of the molecule is CCc1ccc(OCc2c(F)cccc2SC(=O)OC)c(C)c1. The highest BCUT2D eigenvalue weighted by atomic mass is 32.2. The average Bonchev–Trinajstić information content (AvgIpc) is 2.55. The van der Waals surface area contributed by atoms with Gasteiger partial charge in [0.1, 0.15) is 18.2 Å². The molecule has 0 bridgehead atoms. The lowest BCUT2D eigenvalue weighted by Gasteiger charge is -2.13. The molecule has 23 heavy (non-hydrogen) atoms. The smallest absolute Gasteiger partial charge is 0.371 e. The van der Waals surface area contributed by atoms with E-state index in [0.29, 0.717) is 16.2 Å². The van der Waals surface area contributed by atoms with Crippen molar-refractivity contribution >= 4 is 17.1 Å². The van der Waals surface area contributed by atoms with Gasteiger partial charge in [-0.15, -0.1) is 0 Å². The van der Waals surface area contributed by atoms with Crippen LogP contribution in [0.4, 0.5) is 9.18 Å². The Bertz CT molecular complexity index is 701. The highest BCUT2D eigenvalue weighted by molar-refractivity contribution is 8.13. The van der Waals surface area contributed by atoms with E-state index in [1.807, 2.05) is 19.1 Å². The fraction of sp³-hybridized carbons (Fsp3) is 0.278. The van der Waals surface area contributed by atoms with Crippen LogP contribution in [0.2, 0.25) is 0 Å². The first kappa shape index (κ1) is 17.3. The number of aryl methyl sites for hydroxylation is 2. The van der Waals surface area contributed by atoms with Gasteiger partial charge in [-0.05, 0) is 54.4 Å². The topological polar surface area (TPSA) is 35.5 Å². The number of carbonyl (C=O) groups excluding carboxylic acids is 1. The molecule has 0 aromatic heterocycles. The molecule has 0 unspecified atom stereocenters. The Kier molecular flexibility index (Phi) is 6.04. The summed E-state index contributed by atoms with van der Waals surface area (Å²) in [4.78, 5) is 11.9. The van der Waals surface area contributed by atoms with E-state index in [1.54, 1.807) is 12.1 Å². The van der Waals surface area contributed by atoms with Crippen LogP contribution < -0.4 is 4.74 Å². The van der Waals surface area contributed by atoms with Crippen LogP contribution in [0.25, 0.3) is 0 Å². The molecule has 0 saturated heterocycles. The Morgan fingerprint density at radius 1 is 1.26 bits per heavy atom. The Balaban J connectivity index is 2.18. The summed E-state index contributed by atoms with van der Waals surface area (Å²) in [5, 5.41) is -0.486. The van der Waals surface area contributed by atoms with E-state index in [-0.39, 0.29) is 6.61 Å². The fourth-order valence-corrected chi connectivity index (χ4v) is 2.84. The van der Waals surface area contributed by atoms with Gasteiger partial charge in [-0.1, -0.05) is 25.1 Å². The zero-order valence-corrected chi connectivity index (χ0v) is 14.2. The number of benzene rings is 2. The van der Waals surface area contributed by atoms with Crippen LogP contribution >= 0.6 is 11.8 Å². The van der Waals surface area contributed by atoms with E-state index >= 15 is 0 Å². The summed E-state index contributed by atoms with van der Waals surface area (Å²) in [5.41, 5.74) is 2.58. The van der Waals surface area contributed by atoms with Gasteiger partial charge in [0, 0.05) is 10.5 Å². The van der Waals surface area contributed by atoms with E-state index in [9.17, 15) is 9.18 Å². The molecular formula is C18H19FO3S. The Labute approximate surface area is 139 Å². The van der Waals surface area contributed by atoms with Crippen molar-refractivity contribution in [3.8, 4) is 5.75 Å². The number of ether oxygens (including phenoxy) is 2. The molecule has 2 aromatic carbocycles. The third-order valence-electron chi connectivity index (χ3n) is 3.46. The summed E-state index contributed by atoms with van der Waals surface area (Å²) >= 11 is 0.849. The van der Waals surface area contributed by atoms with Crippen molar-refractivity contribution in [3.05, 3.63) is 58.9 Å². The molecule has 2 rings (SSSR count). The monoisotopic (exact) mass is 334 g/mol. The molecule has 2 aromatic rings. The molecular weight excluding hydrogens is 315 g/mol. The Hall–Kier alpha value is -2.01. The van der Waals surface area contributed by atoms with Gasteiger partial charge in [-0.3, -0.25) is 0 Å². The minimum atomic E-state index is -0.486. The number of hydrogen-bond donors (Lipinski definition) is 0. The summed E-state index contributed by atoms with van der Waals surface area (Å²) in [7, 11) is 1.30. The second-order valence-electron chi connectivity index (χ2n) is 5.01. The molecule has 0 spiro atoms. The van der Waals surface area contributed by atoms with Crippen molar-refractivity contribution in [1.82, 2.24) is 0 Å². The lowest BCUT2D eigenvalue weighted by atomic mass is 10.1. The molecule has 122 valence electrons. The number of rotatable bonds is 5. The molecule has 0 saturated carbocycles. The normalized spacial score (nSPS) is 10.4. The first-order valence-electron chi connectivity index (χ1n) is 7.30. The van der Waals surface area contributed by atoms with E-state index in [2.05, 4.69) is 17.7 Å². The van der Waals surface area contributed by atoms with Crippen molar-refractivity contribution in [2.45, 2.75) is 31.8 Å². The molecule has 0 aliphatic rings. The van der Waals surface area contributed by atoms with Crippen molar-refractivity contribution in [2.75, 3.05) is 7.11 Å². The molecule has 0 aliphatic heterocycles. The average molecular weight is 334 g/mol. The van der Waals surface area contributed by atoms with Gasteiger partial charge in [0.15, 0.2) is 0 Å². The summed E-state index contributed by atoms with van der Waals surface area (Å²) in [6.45, 7) is 4.10. The maximum absolute atomic E-state index is 14.1. The van der Waals surface area contributed by atoms with Crippen LogP contribution in [0.1, 0.15) is 23.6 Å². The minimum Gasteiger partial charge on any atom is -0.488 e. The van der Waals surface area contributed by atoms with Gasteiger partial charge in [-0.2, -0.15) is 0 Å². The molecule has 0 atom stereocenters. The predicted molar refractivity (Wildman–Crippen MR) is 89.6 cm³/mol. The molecule has 0 aliphatic carbocycles. The quantitative estimate of drug-likeness (QED) is 0.561. The Morgan fingerprint density at radius 3 is 2.70 bits per heavy atom. The maximum Gasteiger partial charge on any atom is 0.371 e. The number of hydrogen-bond acceptors (Lipinski definition) is 4. The van der Waals surface area contributed by atoms with Gasteiger partial charge < -0.3 is 9.47 Å². The summed E-state index contributed by atoms with van der Waals surface area (Å²) in [6.07, 6.45) is 0.953. The largest absolute Gasteiger partial charge is 0.488 e. The van der Waals surface area contributed by atoms with Gasteiger partial charge >= 0.3 is 5.30 Å².